The lowest BCUT2D eigenvalue weighted by molar-refractivity contribution is 0.144. The zero-order valence-electron chi connectivity index (χ0n) is 8.60. The van der Waals surface area contributed by atoms with E-state index >= 15 is 0 Å². The van der Waals surface area contributed by atoms with Gasteiger partial charge < -0.3 is 5.11 Å². The van der Waals surface area contributed by atoms with Gasteiger partial charge in [-0.1, -0.05) is 12.1 Å². The topological polar surface area (TPSA) is 44.0 Å². The molecule has 0 aromatic heterocycles. The Kier molecular flexibility index (Phi) is 2.99. The molecule has 0 saturated heterocycles. The number of aliphatic hydroxyl groups excluding tert-OH is 1. The SMILES string of the molecule is CSc1cccc2c1CCC(O)C2C#N. The molecule has 1 aliphatic carbocycles. The van der Waals surface area contributed by atoms with E-state index in [0.717, 1.165) is 12.0 Å². The van der Waals surface area contributed by atoms with Crippen molar-refractivity contribution in [3.8, 4) is 6.07 Å². The van der Waals surface area contributed by atoms with Gasteiger partial charge in [0, 0.05) is 4.90 Å². The molecule has 0 spiro atoms. The zero-order chi connectivity index (χ0) is 10.8. The Morgan fingerprint density at radius 2 is 2.33 bits per heavy atom. The Balaban J connectivity index is 2.51. The van der Waals surface area contributed by atoms with Gasteiger partial charge in [0.25, 0.3) is 0 Å². The summed E-state index contributed by atoms with van der Waals surface area (Å²) in [5.41, 5.74) is 2.27. The molecule has 15 heavy (non-hydrogen) atoms. The predicted octanol–water partition coefficient (Wildman–Crippen LogP) is 2.32. The highest BCUT2D eigenvalue weighted by molar-refractivity contribution is 7.98. The second-order valence-electron chi connectivity index (χ2n) is 3.74. The normalized spacial score (nSPS) is 24.3. The van der Waals surface area contributed by atoms with Crippen molar-refractivity contribution in [2.75, 3.05) is 6.26 Å². The average molecular weight is 219 g/mol. The Morgan fingerprint density at radius 1 is 1.53 bits per heavy atom. The summed E-state index contributed by atoms with van der Waals surface area (Å²) in [6.45, 7) is 0. The highest BCUT2D eigenvalue weighted by atomic mass is 32.2. The molecule has 1 aromatic carbocycles. The first kappa shape index (κ1) is 10.5. The van der Waals surface area contributed by atoms with Crippen molar-refractivity contribution in [2.24, 2.45) is 0 Å². The number of nitriles is 1. The van der Waals surface area contributed by atoms with Crippen LogP contribution in [0.2, 0.25) is 0 Å². The van der Waals surface area contributed by atoms with Gasteiger partial charge in [0.05, 0.1) is 18.1 Å². The fourth-order valence-corrected chi connectivity index (χ4v) is 2.84. The molecular formula is C12H13NOS. The molecule has 1 aliphatic rings. The highest BCUT2D eigenvalue weighted by Gasteiger charge is 2.28. The van der Waals surface area contributed by atoms with Crippen molar-refractivity contribution >= 4 is 11.8 Å². The summed E-state index contributed by atoms with van der Waals surface area (Å²) in [6, 6.07) is 8.21. The first-order valence-electron chi connectivity index (χ1n) is 5.01. The van der Waals surface area contributed by atoms with Crippen molar-refractivity contribution in [3.05, 3.63) is 29.3 Å². The number of hydrogen-bond donors (Lipinski definition) is 1. The van der Waals surface area contributed by atoms with E-state index in [1.54, 1.807) is 11.8 Å². The molecule has 78 valence electrons. The average Bonchev–Trinajstić information content (AvgIpc) is 2.28. The first-order valence-corrected chi connectivity index (χ1v) is 6.24. The Morgan fingerprint density at radius 3 is 3.00 bits per heavy atom. The lowest BCUT2D eigenvalue weighted by Gasteiger charge is -2.26. The summed E-state index contributed by atoms with van der Waals surface area (Å²) in [7, 11) is 0. The Hall–Kier alpha value is -0.980. The molecule has 1 aromatic rings. The van der Waals surface area contributed by atoms with E-state index in [-0.39, 0.29) is 5.92 Å². The van der Waals surface area contributed by atoms with Crippen molar-refractivity contribution in [1.29, 1.82) is 5.26 Å². The zero-order valence-corrected chi connectivity index (χ0v) is 9.42. The monoisotopic (exact) mass is 219 g/mol. The number of thioether (sulfide) groups is 1. The quantitative estimate of drug-likeness (QED) is 0.737. The molecule has 0 bridgehead atoms. The van der Waals surface area contributed by atoms with E-state index in [1.807, 2.05) is 18.4 Å². The van der Waals surface area contributed by atoms with Gasteiger partial charge in [0.15, 0.2) is 0 Å². The van der Waals surface area contributed by atoms with Gasteiger partial charge >= 0.3 is 0 Å². The minimum absolute atomic E-state index is 0.346. The third kappa shape index (κ3) is 1.75. The van der Waals surface area contributed by atoms with Crippen LogP contribution >= 0.6 is 11.8 Å². The van der Waals surface area contributed by atoms with Crippen molar-refractivity contribution in [2.45, 2.75) is 29.8 Å². The van der Waals surface area contributed by atoms with Gasteiger partial charge in [-0.2, -0.15) is 5.26 Å². The smallest absolute Gasteiger partial charge is 0.0974 e. The number of rotatable bonds is 1. The highest BCUT2D eigenvalue weighted by Crippen LogP contribution is 2.36. The molecule has 0 saturated carbocycles. The van der Waals surface area contributed by atoms with Crippen molar-refractivity contribution < 1.29 is 5.11 Å². The Bertz CT molecular complexity index is 411. The van der Waals surface area contributed by atoms with E-state index in [0.29, 0.717) is 6.42 Å². The molecule has 0 amide bonds. The van der Waals surface area contributed by atoms with Crippen LogP contribution in [0.25, 0.3) is 0 Å². The van der Waals surface area contributed by atoms with E-state index in [2.05, 4.69) is 12.1 Å². The van der Waals surface area contributed by atoms with Crippen LogP contribution in [0.4, 0.5) is 0 Å². The van der Waals surface area contributed by atoms with E-state index in [1.165, 1.54) is 10.5 Å². The van der Waals surface area contributed by atoms with Gasteiger partial charge in [-0.05, 0) is 36.3 Å². The largest absolute Gasteiger partial charge is 0.391 e. The van der Waals surface area contributed by atoms with Crippen molar-refractivity contribution in [3.63, 3.8) is 0 Å². The number of hydrogen-bond acceptors (Lipinski definition) is 3. The molecule has 0 radical (unpaired) electrons. The van der Waals surface area contributed by atoms with E-state index in [9.17, 15) is 5.11 Å². The predicted molar refractivity (Wildman–Crippen MR) is 60.9 cm³/mol. The summed E-state index contributed by atoms with van der Waals surface area (Å²) >= 11 is 1.71. The van der Waals surface area contributed by atoms with Gasteiger partial charge in [-0.25, -0.2) is 0 Å². The van der Waals surface area contributed by atoms with Crippen LogP contribution < -0.4 is 0 Å². The number of benzene rings is 1. The van der Waals surface area contributed by atoms with Crippen LogP contribution in [0.15, 0.2) is 23.1 Å². The third-order valence-electron chi connectivity index (χ3n) is 2.94. The molecule has 1 N–H and O–H groups in total. The maximum absolute atomic E-state index is 9.75. The molecule has 0 aliphatic heterocycles. The molecule has 2 nitrogen and oxygen atoms in total. The molecule has 2 unspecified atom stereocenters. The van der Waals surface area contributed by atoms with Crippen LogP contribution in [0.3, 0.4) is 0 Å². The maximum atomic E-state index is 9.75. The minimum Gasteiger partial charge on any atom is -0.391 e. The lowest BCUT2D eigenvalue weighted by Crippen LogP contribution is -2.24. The second kappa shape index (κ2) is 4.26. The summed E-state index contributed by atoms with van der Waals surface area (Å²) in [5.74, 6) is -0.346. The number of nitrogens with zero attached hydrogens (tertiary/aromatic N) is 1. The fourth-order valence-electron chi connectivity index (χ4n) is 2.15. The maximum Gasteiger partial charge on any atom is 0.0974 e. The van der Waals surface area contributed by atoms with Gasteiger partial charge in [-0.3, -0.25) is 0 Å². The molecule has 2 rings (SSSR count). The molecule has 3 heteroatoms. The lowest BCUT2D eigenvalue weighted by atomic mass is 9.81. The van der Waals surface area contributed by atoms with Gasteiger partial charge in [-0.15, -0.1) is 11.8 Å². The van der Waals surface area contributed by atoms with Crippen LogP contribution in [-0.2, 0) is 6.42 Å². The summed E-state index contributed by atoms with van der Waals surface area (Å²) in [4.78, 5) is 1.24. The van der Waals surface area contributed by atoms with Crippen LogP contribution in [-0.4, -0.2) is 17.5 Å². The number of aliphatic hydroxyl groups is 1. The first-order chi connectivity index (χ1) is 7.27. The molecule has 0 heterocycles. The summed E-state index contributed by atoms with van der Waals surface area (Å²) in [5, 5.41) is 18.8. The standard InChI is InChI=1S/C12H13NOS/c1-15-12-4-2-3-8-9(12)5-6-11(14)10(8)7-13/h2-4,10-11,14H,5-6H2,1H3. The number of fused-ring (bicyclic) bond motifs is 1. The van der Waals surface area contributed by atoms with E-state index < -0.39 is 6.10 Å². The summed E-state index contributed by atoms with van der Waals surface area (Å²) < 4.78 is 0. The minimum atomic E-state index is -0.500. The van der Waals surface area contributed by atoms with Gasteiger partial charge in [0.1, 0.15) is 0 Å². The fraction of sp³-hybridized carbons (Fsp3) is 0.417. The second-order valence-corrected chi connectivity index (χ2v) is 4.59. The van der Waals surface area contributed by atoms with Gasteiger partial charge in [0.2, 0.25) is 0 Å². The molecule has 2 atom stereocenters. The van der Waals surface area contributed by atoms with Crippen molar-refractivity contribution in [1.82, 2.24) is 0 Å². The van der Waals surface area contributed by atoms with Crippen LogP contribution in [0.1, 0.15) is 23.5 Å². The summed E-state index contributed by atoms with van der Waals surface area (Å²) in [6.07, 6.45) is 3.12. The van der Waals surface area contributed by atoms with Crippen LogP contribution in [0, 0.1) is 11.3 Å². The molecular weight excluding hydrogens is 206 g/mol. The Labute approximate surface area is 93.9 Å². The van der Waals surface area contributed by atoms with Crippen LogP contribution in [0.5, 0.6) is 0 Å². The third-order valence-corrected chi connectivity index (χ3v) is 3.76. The van der Waals surface area contributed by atoms with E-state index in [4.69, 9.17) is 5.26 Å². The molecule has 0 fully saturated rings.